The third-order valence-corrected chi connectivity index (χ3v) is 6.74. The van der Waals surface area contributed by atoms with Gasteiger partial charge in [0, 0.05) is 30.1 Å². The van der Waals surface area contributed by atoms with E-state index in [0.29, 0.717) is 18.7 Å². The van der Waals surface area contributed by atoms with Gasteiger partial charge in [-0.25, -0.2) is 0 Å². The third-order valence-electron chi connectivity index (χ3n) is 5.95. The average Bonchev–Trinajstić information content (AvgIpc) is 2.87. The van der Waals surface area contributed by atoms with E-state index < -0.39 is 0 Å². The highest BCUT2D eigenvalue weighted by molar-refractivity contribution is 7.98. The fourth-order valence-corrected chi connectivity index (χ4v) is 4.78. The molecule has 0 aromatic heterocycles. The first-order valence-electron chi connectivity index (χ1n) is 11.0. The summed E-state index contributed by atoms with van der Waals surface area (Å²) in [4.78, 5) is 28.7. The van der Waals surface area contributed by atoms with E-state index in [0.717, 1.165) is 41.0 Å². The van der Waals surface area contributed by atoms with Crippen LogP contribution in [0, 0.1) is 5.92 Å². The fourth-order valence-electron chi connectivity index (χ4n) is 4.19. The van der Waals surface area contributed by atoms with Crippen molar-refractivity contribution in [3.63, 3.8) is 0 Å². The second-order valence-corrected chi connectivity index (χ2v) is 8.96. The number of likely N-dealkylation sites (tertiary alicyclic amines) is 1. The quantitative estimate of drug-likeness (QED) is 0.521. The third kappa shape index (κ3) is 5.22. The summed E-state index contributed by atoms with van der Waals surface area (Å²) in [6.07, 6.45) is 3.97. The molecule has 3 aromatic carbocycles. The van der Waals surface area contributed by atoms with Gasteiger partial charge >= 0.3 is 0 Å². The summed E-state index contributed by atoms with van der Waals surface area (Å²) in [7, 11) is 0. The van der Waals surface area contributed by atoms with Gasteiger partial charge in [0.05, 0.1) is 5.56 Å². The first kappa shape index (κ1) is 22.2. The standard InChI is InChI=1S/C27H28N2O2S/c1-32-25-12-6-5-11-24(25)27(31)29-17-7-8-20(19-29)18-28-26(30)23-15-13-22(14-16-23)21-9-3-2-4-10-21/h2-6,9-16,20H,7-8,17-19H2,1H3,(H,28,30)/t20-/m1/s1. The summed E-state index contributed by atoms with van der Waals surface area (Å²) in [5, 5.41) is 3.07. The van der Waals surface area contributed by atoms with Gasteiger partial charge in [0.15, 0.2) is 0 Å². The van der Waals surface area contributed by atoms with E-state index in [1.54, 1.807) is 11.8 Å². The second-order valence-electron chi connectivity index (χ2n) is 8.11. The van der Waals surface area contributed by atoms with Gasteiger partial charge in [0.1, 0.15) is 0 Å². The first-order chi connectivity index (χ1) is 15.7. The number of carbonyl (C=O) groups excluding carboxylic acids is 2. The lowest BCUT2D eigenvalue weighted by atomic mass is 9.97. The van der Waals surface area contributed by atoms with E-state index in [9.17, 15) is 9.59 Å². The number of piperidine rings is 1. The Kier molecular flexibility index (Phi) is 7.28. The van der Waals surface area contributed by atoms with Crippen LogP contribution in [0.5, 0.6) is 0 Å². The SMILES string of the molecule is CSc1ccccc1C(=O)N1CCC[C@H](CNC(=O)c2ccc(-c3ccccc3)cc2)C1. The largest absolute Gasteiger partial charge is 0.352 e. The molecule has 0 saturated carbocycles. The van der Waals surface area contributed by atoms with Crippen molar-refractivity contribution in [3.8, 4) is 11.1 Å². The molecule has 1 heterocycles. The van der Waals surface area contributed by atoms with Crippen LogP contribution in [0.4, 0.5) is 0 Å². The lowest BCUT2D eigenvalue weighted by Crippen LogP contribution is -2.43. The van der Waals surface area contributed by atoms with Crippen molar-refractivity contribution in [3.05, 3.63) is 90.0 Å². The van der Waals surface area contributed by atoms with E-state index in [2.05, 4.69) is 17.4 Å². The van der Waals surface area contributed by atoms with Crippen LogP contribution in [0.3, 0.4) is 0 Å². The van der Waals surface area contributed by atoms with Crippen LogP contribution in [-0.4, -0.2) is 42.6 Å². The Morgan fingerprint density at radius 1 is 0.938 bits per heavy atom. The lowest BCUT2D eigenvalue weighted by molar-refractivity contribution is 0.0667. The zero-order chi connectivity index (χ0) is 22.3. The molecule has 32 heavy (non-hydrogen) atoms. The number of benzene rings is 3. The number of thioether (sulfide) groups is 1. The van der Waals surface area contributed by atoms with Crippen LogP contribution in [0.1, 0.15) is 33.6 Å². The molecule has 164 valence electrons. The van der Waals surface area contributed by atoms with Crippen molar-refractivity contribution in [2.75, 3.05) is 25.9 Å². The Hall–Kier alpha value is -3.05. The number of hydrogen-bond donors (Lipinski definition) is 1. The van der Waals surface area contributed by atoms with Gasteiger partial charge in [-0.1, -0.05) is 54.6 Å². The maximum Gasteiger partial charge on any atom is 0.254 e. The highest BCUT2D eigenvalue weighted by atomic mass is 32.2. The van der Waals surface area contributed by atoms with E-state index in [1.807, 2.05) is 77.9 Å². The van der Waals surface area contributed by atoms with Crippen LogP contribution in [0.2, 0.25) is 0 Å². The summed E-state index contributed by atoms with van der Waals surface area (Å²) in [5.41, 5.74) is 3.65. The van der Waals surface area contributed by atoms with Gasteiger partial charge in [0.25, 0.3) is 11.8 Å². The van der Waals surface area contributed by atoms with Crippen molar-refractivity contribution >= 4 is 23.6 Å². The smallest absolute Gasteiger partial charge is 0.254 e. The van der Waals surface area contributed by atoms with Crippen molar-refractivity contribution in [2.24, 2.45) is 5.92 Å². The summed E-state index contributed by atoms with van der Waals surface area (Å²) in [6, 6.07) is 25.6. The molecule has 2 amide bonds. The Morgan fingerprint density at radius 3 is 2.38 bits per heavy atom. The minimum Gasteiger partial charge on any atom is -0.352 e. The van der Waals surface area contributed by atoms with Gasteiger partial charge < -0.3 is 10.2 Å². The van der Waals surface area contributed by atoms with E-state index in [4.69, 9.17) is 0 Å². The number of carbonyl (C=O) groups is 2. The molecule has 1 N–H and O–H groups in total. The van der Waals surface area contributed by atoms with Crippen molar-refractivity contribution in [2.45, 2.75) is 17.7 Å². The minimum atomic E-state index is -0.0687. The maximum absolute atomic E-state index is 13.1. The molecular weight excluding hydrogens is 416 g/mol. The van der Waals surface area contributed by atoms with Crippen LogP contribution in [-0.2, 0) is 0 Å². The van der Waals surface area contributed by atoms with Gasteiger partial charge in [-0.05, 0) is 60.4 Å². The van der Waals surface area contributed by atoms with Crippen molar-refractivity contribution in [1.29, 1.82) is 0 Å². The molecule has 0 unspecified atom stereocenters. The van der Waals surface area contributed by atoms with E-state index >= 15 is 0 Å². The number of hydrogen-bond acceptors (Lipinski definition) is 3. The van der Waals surface area contributed by atoms with E-state index in [-0.39, 0.29) is 17.7 Å². The normalized spacial score (nSPS) is 15.9. The molecule has 0 aliphatic carbocycles. The Morgan fingerprint density at radius 2 is 1.62 bits per heavy atom. The lowest BCUT2D eigenvalue weighted by Gasteiger charge is -2.33. The highest BCUT2D eigenvalue weighted by Gasteiger charge is 2.26. The fraction of sp³-hybridized carbons (Fsp3) is 0.259. The van der Waals surface area contributed by atoms with Crippen LogP contribution >= 0.6 is 11.8 Å². The monoisotopic (exact) mass is 444 g/mol. The topological polar surface area (TPSA) is 49.4 Å². The Bertz CT molecular complexity index is 1070. The molecule has 5 heteroatoms. The van der Waals surface area contributed by atoms with E-state index in [1.165, 1.54) is 0 Å². The van der Waals surface area contributed by atoms with Gasteiger partial charge in [0.2, 0.25) is 0 Å². The molecule has 4 nitrogen and oxygen atoms in total. The molecule has 1 aliphatic heterocycles. The number of amides is 2. The van der Waals surface area contributed by atoms with Gasteiger partial charge in [-0.2, -0.15) is 0 Å². The summed E-state index contributed by atoms with van der Waals surface area (Å²) in [6.45, 7) is 2.02. The Labute approximate surface area is 194 Å². The van der Waals surface area contributed by atoms with Crippen LogP contribution < -0.4 is 5.32 Å². The molecule has 0 bridgehead atoms. The van der Waals surface area contributed by atoms with Crippen LogP contribution in [0.15, 0.2) is 83.8 Å². The molecule has 4 rings (SSSR count). The van der Waals surface area contributed by atoms with Crippen LogP contribution in [0.25, 0.3) is 11.1 Å². The second kappa shape index (κ2) is 10.5. The van der Waals surface area contributed by atoms with Crippen molar-refractivity contribution in [1.82, 2.24) is 10.2 Å². The zero-order valence-corrected chi connectivity index (χ0v) is 19.1. The predicted octanol–water partition coefficient (Wildman–Crippen LogP) is 5.36. The average molecular weight is 445 g/mol. The summed E-state index contributed by atoms with van der Waals surface area (Å²) < 4.78 is 0. The first-order valence-corrected chi connectivity index (χ1v) is 12.2. The van der Waals surface area contributed by atoms with Gasteiger partial charge in [-0.3, -0.25) is 9.59 Å². The molecule has 1 fully saturated rings. The van der Waals surface area contributed by atoms with Gasteiger partial charge in [-0.15, -0.1) is 11.8 Å². The number of nitrogens with one attached hydrogen (secondary N) is 1. The summed E-state index contributed by atoms with van der Waals surface area (Å²) >= 11 is 1.60. The molecule has 3 aromatic rings. The highest BCUT2D eigenvalue weighted by Crippen LogP contribution is 2.24. The number of rotatable bonds is 6. The molecule has 1 aliphatic rings. The molecule has 1 saturated heterocycles. The summed E-state index contributed by atoms with van der Waals surface area (Å²) in [5.74, 6) is 0.282. The predicted molar refractivity (Wildman–Crippen MR) is 131 cm³/mol. The zero-order valence-electron chi connectivity index (χ0n) is 18.3. The maximum atomic E-state index is 13.1. The molecular formula is C27H28N2O2S. The molecule has 0 spiro atoms. The molecule has 1 atom stereocenters. The number of nitrogens with zero attached hydrogens (tertiary/aromatic N) is 1. The van der Waals surface area contributed by atoms with Crippen molar-refractivity contribution < 1.29 is 9.59 Å². The Balaban J connectivity index is 1.33. The minimum absolute atomic E-state index is 0.0687. The molecule has 0 radical (unpaired) electrons.